The molecule has 0 bridgehead atoms. The van der Waals surface area contributed by atoms with Crippen molar-refractivity contribution in [2.75, 3.05) is 17.4 Å². The highest BCUT2D eigenvalue weighted by Crippen LogP contribution is 2.35. The van der Waals surface area contributed by atoms with Gasteiger partial charge in [-0.3, -0.25) is 4.79 Å². The Morgan fingerprint density at radius 3 is 2.92 bits per heavy atom. The first-order chi connectivity index (χ1) is 12.6. The molecule has 0 fully saturated rings. The molecule has 0 unspecified atom stereocenters. The number of carbonyl (C=O) groups is 1. The van der Waals surface area contributed by atoms with E-state index in [2.05, 4.69) is 15.6 Å². The number of aromatic nitrogens is 1. The van der Waals surface area contributed by atoms with Crippen LogP contribution in [-0.2, 0) is 0 Å². The number of nitrogens with zero attached hydrogens (tertiary/aromatic N) is 1. The fourth-order valence-corrected chi connectivity index (χ4v) is 3.33. The zero-order valence-electron chi connectivity index (χ0n) is 13.7. The monoisotopic (exact) mass is 387 g/mol. The van der Waals surface area contributed by atoms with E-state index in [1.54, 1.807) is 17.5 Å². The van der Waals surface area contributed by atoms with Gasteiger partial charge in [-0.1, -0.05) is 17.7 Å². The molecule has 0 saturated heterocycles. The summed E-state index contributed by atoms with van der Waals surface area (Å²) in [6.45, 7) is 2.13. The molecule has 1 amide bonds. The van der Waals surface area contributed by atoms with Crippen LogP contribution in [0.4, 0.5) is 16.5 Å². The van der Waals surface area contributed by atoms with Crippen molar-refractivity contribution in [1.29, 1.82) is 0 Å². The van der Waals surface area contributed by atoms with Crippen LogP contribution in [0.5, 0.6) is 11.5 Å². The van der Waals surface area contributed by atoms with Gasteiger partial charge in [0, 0.05) is 27.8 Å². The summed E-state index contributed by atoms with van der Waals surface area (Å²) < 4.78 is 10.6. The SMILES string of the molecule is Cc1ccc(Cl)cc1NC(=O)c1csc(Nc2ccc3c(c2)OCO3)n1. The van der Waals surface area contributed by atoms with Crippen LogP contribution in [-0.4, -0.2) is 17.7 Å². The van der Waals surface area contributed by atoms with Crippen molar-refractivity contribution in [3.8, 4) is 11.5 Å². The van der Waals surface area contributed by atoms with E-state index in [0.29, 0.717) is 33.0 Å². The van der Waals surface area contributed by atoms with Crippen LogP contribution in [0.25, 0.3) is 0 Å². The van der Waals surface area contributed by atoms with Gasteiger partial charge in [0.15, 0.2) is 16.6 Å². The van der Waals surface area contributed by atoms with Crippen molar-refractivity contribution >= 4 is 45.4 Å². The molecule has 0 saturated carbocycles. The second-order valence-corrected chi connectivity index (χ2v) is 6.94. The van der Waals surface area contributed by atoms with E-state index in [-0.39, 0.29) is 12.7 Å². The maximum absolute atomic E-state index is 12.4. The van der Waals surface area contributed by atoms with Crippen LogP contribution in [0, 0.1) is 6.92 Å². The number of fused-ring (bicyclic) bond motifs is 1. The van der Waals surface area contributed by atoms with Crippen LogP contribution in [0.15, 0.2) is 41.8 Å². The quantitative estimate of drug-likeness (QED) is 0.670. The van der Waals surface area contributed by atoms with Gasteiger partial charge < -0.3 is 20.1 Å². The summed E-state index contributed by atoms with van der Waals surface area (Å²) in [5, 5.41) is 8.87. The van der Waals surface area contributed by atoms with E-state index in [9.17, 15) is 4.79 Å². The summed E-state index contributed by atoms with van der Waals surface area (Å²) in [5.74, 6) is 1.11. The molecule has 26 heavy (non-hydrogen) atoms. The number of aryl methyl sites for hydroxylation is 1. The summed E-state index contributed by atoms with van der Waals surface area (Å²) in [4.78, 5) is 16.8. The minimum Gasteiger partial charge on any atom is -0.454 e. The highest BCUT2D eigenvalue weighted by molar-refractivity contribution is 7.14. The molecule has 2 heterocycles. The van der Waals surface area contributed by atoms with Gasteiger partial charge in [0.1, 0.15) is 5.69 Å². The average molecular weight is 388 g/mol. The van der Waals surface area contributed by atoms with E-state index in [1.807, 2.05) is 31.2 Å². The highest BCUT2D eigenvalue weighted by Gasteiger charge is 2.15. The lowest BCUT2D eigenvalue weighted by Gasteiger charge is -2.07. The van der Waals surface area contributed by atoms with Gasteiger partial charge in [-0.2, -0.15) is 0 Å². The lowest BCUT2D eigenvalue weighted by molar-refractivity contribution is 0.102. The standard InChI is InChI=1S/C18H14ClN3O3S/c1-10-2-3-11(19)6-13(10)21-17(23)14-8-26-18(22-14)20-12-4-5-15-16(7-12)25-9-24-15/h2-8H,9H2,1H3,(H,20,22)(H,21,23). The summed E-state index contributed by atoms with van der Waals surface area (Å²) >= 11 is 7.33. The number of hydrogen-bond acceptors (Lipinski definition) is 6. The van der Waals surface area contributed by atoms with Crippen molar-refractivity contribution in [3.05, 3.63) is 58.1 Å². The average Bonchev–Trinajstić information content (AvgIpc) is 3.27. The Morgan fingerprint density at radius 1 is 1.19 bits per heavy atom. The maximum atomic E-state index is 12.4. The van der Waals surface area contributed by atoms with E-state index < -0.39 is 0 Å². The smallest absolute Gasteiger partial charge is 0.275 e. The zero-order valence-corrected chi connectivity index (χ0v) is 15.3. The molecular formula is C18H14ClN3O3S. The molecule has 0 spiro atoms. The zero-order chi connectivity index (χ0) is 18.1. The van der Waals surface area contributed by atoms with Gasteiger partial charge in [-0.25, -0.2) is 4.98 Å². The Labute approximate surface area is 158 Å². The molecule has 1 aliphatic rings. The first kappa shape index (κ1) is 16.7. The highest BCUT2D eigenvalue weighted by atomic mass is 35.5. The number of ether oxygens (including phenoxy) is 2. The van der Waals surface area contributed by atoms with Gasteiger partial charge in [0.2, 0.25) is 6.79 Å². The number of benzene rings is 2. The maximum Gasteiger partial charge on any atom is 0.275 e. The number of halogens is 1. The van der Waals surface area contributed by atoms with Gasteiger partial charge in [0.25, 0.3) is 5.91 Å². The van der Waals surface area contributed by atoms with Gasteiger partial charge in [0.05, 0.1) is 0 Å². The number of thiazole rings is 1. The van der Waals surface area contributed by atoms with E-state index in [1.165, 1.54) is 11.3 Å². The Bertz CT molecular complexity index is 990. The number of carbonyl (C=O) groups excluding carboxylic acids is 1. The van der Waals surface area contributed by atoms with Crippen LogP contribution in [0.2, 0.25) is 5.02 Å². The van der Waals surface area contributed by atoms with E-state index in [4.69, 9.17) is 21.1 Å². The molecule has 0 atom stereocenters. The molecule has 0 aliphatic carbocycles. The van der Waals surface area contributed by atoms with Gasteiger partial charge in [-0.15, -0.1) is 11.3 Å². The van der Waals surface area contributed by atoms with Crippen molar-refractivity contribution in [2.24, 2.45) is 0 Å². The Hall–Kier alpha value is -2.77. The lowest BCUT2D eigenvalue weighted by Crippen LogP contribution is -2.13. The van der Waals surface area contributed by atoms with E-state index >= 15 is 0 Å². The molecule has 4 rings (SSSR count). The number of anilines is 3. The lowest BCUT2D eigenvalue weighted by atomic mass is 10.2. The summed E-state index contributed by atoms with van der Waals surface area (Å²) in [5.41, 5.74) is 2.73. The molecule has 2 aromatic carbocycles. The minimum absolute atomic E-state index is 0.225. The molecule has 1 aliphatic heterocycles. The normalized spacial score (nSPS) is 12.1. The van der Waals surface area contributed by atoms with E-state index in [0.717, 1.165) is 11.3 Å². The third-order valence-electron chi connectivity index (χ3n) is 3.81. The molecular weight excluding hydrogens is 374 g/mol. The minimum atomic E-state index is -0.287. The molecule has 2 N–H and O–H groups in total. The van der Waals surface area contributed by atoms with Crippen LogP contribution >= 0.6 is 22.9 Å². The molecule has 3 aromatic rings. The second kappa shape index (κ2) is 6.86. The van der Waals surface area contributed by atoms with Crippen LogP contribution in [0.1, 0.15) is 16.1 Å². The summed E-state index contributed by atoms with van der Waals surface area (Å²) in [6, 6.07) is 10.9. The largest absolute Gasteiger partial charge is 0.454 e. The fourth-order valence-electron chi connectivity index (χ4n) is 2.45. The second-order valence-electron chi connectivity index (χ2n) is 5.64. The molecule has 6 nitrogen and oxygen atoms in total. The summed E-state index contributed by atoms with van der Waals surface area (Å²) in [6.07, 6.45) is 0. The predicted molar refractivity (Wildman–Crippen MR) is 102 cm³/mol. The topological polar surface area (TPSA) is 72.5 Å². The van der Waals surface area contributed by atoms with Gasteiger partial charge >= 0.3 is 0 Å². The molecule has 0 radical (unpaired) electrons. The van der Waals surface area contributed by atoms with Crippen molar-refractivity contribution < 1.29 is 14.3 Å². The predicted octanol–water partition coefficient (Wildman–Crippen LogP) is 4.83. The number of rotatable bonds is 4. The Kier molecular flexibility index (Phi) is 4.40. The molecule has 1 aromatic heterocycles. The Balaban J connectivity index is 1.47. The molecule has 8 heteroatoms. The Morgan fingerprint density at radius 2 is 2.04 bits per heavy atom. The van der Waals surface area contributed by atoms with Crippen molar-refractivity contribution in [3.63, 3.8) is 0 Å². The first-order valence-electron chi connectivity index (χ1n) is 7.78. The number of amides is 1. The van der Waals surface area contributed by atoms with Crippen molar-refractivity contribution in [2.45, 2.75) is 6.92 Å². The van der Waals surface area contributed by atoms with Gasteiger partial charge in [-0.05, 0) is 36.8 Å². The first-order valence-corrected chi connectivity index (χ1v) is 9.04. The van der Waals surface area contributed by atoms with Crippen LogP contribution in [0.3, 0.4) is 0 Å². The summed E-state index contributed by atoms with van der Waals surface area (Å²) in [7, 11) is 0. The number of hydrogen-bond donors (Lipinski definition) is 2. The van der Waals surface area contributed by atoms with Crippen molar-refractivity contribution in [1.82, 2.24) is 4.98 Å². The fraction of sp³-hybridized carbons (Fsp3) is 0.111. The van der Waals surface area contributed by atoms with Crippen LogP contribution < -0.4 is 20.1 Å². The third kappa shape index (κ3) is 3.44. The third-order valence-corrected chi connectivity index (χ3v) is 4.80. The molecule has 132 valence electrons. The number of nitrogens with one attached hydrogen (secondary N) is 2.